The van der Waals surface area contributed by atoms with Crippen LogP contribution in [0.3, 0.4) is 0 Å². The summed E-state index contributed by atoms with van der Waals surface area (Å²) >= 11 is 0. The van der Waals surface area contributed by atoms with Crippen molar-refractivity contribution in [1.29, 1.82) is 0 Å². The standard InChI is InChI=1S/C16H30OSi/c1-8-10-11-12-14-16(17,13-9-2)18(6,7)15(3,4)5/h9,17H,2,8,10-11,13H2,1,3-7H3. The molecule has 104 valence electrons. The molecule has 0 aromatic heterocycles. The molecule has 0 aliphatic carbocycles. The van der Waals surface area contributed by atoms with Gasteiger partial charge in [-0.25, -0.2) is 0 Å². The van der Waals surface area contributed by atoms with Crippen LogP contribution in [0.5, 0.6) is 0 Å². The van der Waals surface area contributed by atoms with Crippen LogP contribution in [0.1, 0.15) is 53.4 Å². The Morgan fingerprint density at radius 1 is 1.28 bits per heavy atom. The van der Waals surface area contributed by atoms with Crippen LogP contribution in [0.4, 0.5) is 0 Å². The van der Waals surface area contributed by atoms with Crippen LogP contribution in [0, 0.1) is 11.8 Å². The number of unbranched alkanes of at least 4 members (excludes halogenated alkanes) is 2. The van der Waals surface area contributed by atoms with E-state index >= 15 is 0 Å². The monoisotopic (exact) mass is 266 g/mol. The Balaban J connectivity index is 5.24. The Hall–Kier alpha value is -0.523. The normalized spacial score (nSPS) is 15.5. The number of aliphatic hydroxyl groups is 1. The van der Waals surface area contributed by atoms with Crippen LogP contribution in [-0.4, -0.2) is 18.4 Å². The van der Waals surface area contributed by atoms with E-state index in [2.05, 4.69) is 59.2 Å². The van der Waals surface area contributed by atoms with E-state index in [1.807, 2.05) is 0 Å². The van der Waals surface area contributed by atoms with E-state index in [4.69, 9.17) is 0 Å². The van der Waals surface area contributed by atoms with Gasteiger partial charge in [-0.3, -0.25) is 0 Å². The van der Waals surface area contributed by atoms with Crippen LogP contribution in [0.25, 0.3) is 0 Å². The van der Waals surface area contributed by atoms with Gasteiger partial charge in [0.25, 0.3) is 0 Å². The van der Waals surface area contributed by atoms with Gasteiger partial charge in [0.2, 0.25) is 0 Å². The Kier molecular flexibility index (Phi) is 6.40. The molecule has 0 aromatic rings. The van der Waals surface area contributed by atoms with Crippen molar-refractivity contribution in [1.82, 2.24) is 0 Å². The highest BCUT2D eigenvalue weighted by molar-refractivity contribution is 6.83. The van der Waals surface area contributed by atoms with Crippen LogP contribution in [0.2, 0.25) is 18.1 Å². The molecule has 0 spiro atoms. The molecule has 0 aliphatic heterocycles. The van der Waals surface area contributed by atoms with E-state index < -0.39 is 13.3 Å². The lowest BCUT2D eigenvalue weighted by molar-refractivity contribution is 0.173. The molecule has 1 N–H and O–H groups in total. The first-order chi connectivity index (χ1) is 8.12. The summed E-state index contributed by atoms with van der Waals surface area (Å²) in [7, 11) is -1.93. The van der Waals surface area contributed by atoms with Gasteiger partial charge < -0.3 is 5.11 Å². The molecule has 1 unspecified atom stereocenters. The van der Waals surface area contributed by atoms with Gasteiger partial charge in [-0.2, -0.15) is 0 Å². The maximum Gasteiger partial charge on any atom is 0.116 e. The highest BCUT2D eigenvalue weighted by Gasteiger charge is 2.50. The topological polar surface area (TPSA) is 20.2 Å². The fraction of sp³-hybridized carbons (Fsp3) is 0.750. The predicted molar refractivity (Wildman–Crippen MR) is 84.3 cm³/mol. The van der Waals surface area contributed by atoms with Crippen molar-refractivity contribution >= 4 is 8.07 Å². The van der Waals surface area contributed by atoms with Crippen molar-refractivity contribution < 1.29 is 5.11 Å². The highest BCUT2D eigenvalue weighted by Crippen LogP contribution is 2.43. The minimum absolute atomic E-state index is 0.115. The molecule has 0 amide bonds. The molecule has 0 saturated carbocycles. The third-order valence-corrected chi connectivity index (χ3v) is 10.4. The summed E-state index contributed by atoms with van der Waals surface area (Å²) < 4.78 is 0. The average molecular weight is 267 g/mol. The summed E-state index contributed by atoms with van der Waals surface area (Å²) in [5, 5.41) is 10.2. The Morgan fingerprint density at radius 2 is 1.83 bits per heavy atom. The van der Waals surface area contributed by atoms with Crippen molar-refractivity contribution in [2.45, 2.75) is 76.7 Å². The van der Waals surface area contributed by atoms with Gasteiger partial charge >= 0.3 is 0 Å². The van der Waals surface area contributed by atoms with Crippen molar-refractivity contribution in [3.63, 3.8) is 0 Å². The van der Waals surface area contributed by atoms with Crippen LogP contribution in [0.15, 0.2) is 12.7 Å². The third kappa shape index (κ3) is 4.00. The van der Waals surface area contributed by atoms with Crippen molar-refractivity contribution in [3.05, 3.63) is 12.7 Å². The van der Waals surface area contributed by atoms with Gasteiger partial charge in [0.1, 0.15) is 13.3 Å². The fourth-order valence-corrected chi connectivity index (χ4v) is 4.06. The fourth-order valence-electron chi connectivity index (χ4n) is 1.77. The first-order valence-electron chi connectivity index (χ1n) is 6.95. The lowest BCUT2D eigenvalue weighted by atomic mass is 10.2. The summed E-state index contributed by atoms with van der Waals surface area (Å²) in [5.41, 5.74) is 0. The van der Waals surface area contributed by atoms with Crippen LogP contribution < -0.4 is 0 Å². The molecule has 0 bridgehead atoms. The minimum Gasteiger partial charge on any atom is -0.381 e. The second-order valence-electron chi connectivity index (χ2n) is 6.63. The lowest BCUT2D eigenvalue weighted by Crippen LogP contribution is -2.58. The van der Waals surface area contributed by atoms with Crippen molar-refractivity contribution in [2.75, 3.05) is 0 Å². The minimum atomic E-state index is -1.93. The molecule has 0 fully saturated rings. The van der Waals surface area contributed by atoms with Crippen molar-refractivity contribution in [2.24, 2.45) is 0 Å². The second kappa shape index (κ2) is 6.59. The molecule has 0 rings (SSSR count). The van der Waals surface area contributed by atoms with Crippen LogP contribution >= 0.6 is 0 Å². The first-order valence-corrected chi connectivity index (χ1v) is 9.95. The van der Waals surface area contributed by atoms with E-state index in [0.717, 1.165) is 19.3 Å². The van der Waals surface area contributed by atoms with Crippen molar-refractivity contribution in [3.8, 4) is 11.8 Å². The summed E-state index contributed by atoms with van der Waals surface area (Å²) in [4.78, 5) is 0. The summed E-state index contributed by atoms with van der Waals surface area (Å²) in [6.07, 6.45) is 5.51. The van der Waals surface area contributed by atoms with E-state index in [-0.39, 0.29) is 5.04 Å². The molecule has 0 saturated heterocycles. The van der Waals surface area contributed by atoms with Gasteiger partial charge in [-0.05, 0) is 11.5 Å². The van der Waals surface area contributed by atoms with Gasteiger partial charge in [0, 0.05) is 12.8 Å². The zero-order valence-corrected chi connectivity index (χ0v) is 14.1. The summed E-state index contributed by atoms with van der Waals surface area (Å²) in [5.74, 6) is 6.35. The predicted octanol–water partition coefficient (Wildman–Crippen LogP) is 4.53. The van der Waals surface area contributed by atoms with E-state index in [1.54, 1.807) is 6.08 Å². The highest BCUT2D eigenvalue weighted by atomic mass is 28.3. The van der Waals surface area contributed by atoms with E-state index in [1.165, 1.54) is 0 Å². The average Bonchev–Trinajstić information content (AvgIpc) is 2.23. The zero-order valence-electron chi connectivity index (χ0n) is 13.1. The Bertz CT molecular complexity index is 327. The number of hydrogen-bond donors (Lipinski definition) is 1. The number of hydrogen-bond acceptors (Lipinski definition) is 1. The maximum atomic E-state index is 11.0. The van der Waals surface area contributed by atoms with Gasteiger partial charge in [-0.1, -0.05) is 59.2 Å². The number of rotatable bonds is 5. The largest absolute Gasteiger partial charge is 0.381 e. The quantitative estimate of drug-likeness (QED) is 0.335. The van der Waals surface area contributed by atoms with Gasteiger partial charge in [0.05, 0.1) is 0 Å². The molecule has 18 heavy (non-hydrogen) atoms. The molecular weight excluding hydrogens is 236 g/mol. The van der Waals surface area contributed by atoms with E-state index in [0.29, 0.717) is 6.42 Å². The molecule has 0 aliphatic rings. The molecule has 0 radical (unpaired) electrons. The smallest absolute Gasteiger partial charge is 0.116 e. The van der Waals surface area contributed by atoms with Gasteiger partial charge in [0.15, 0.2) is 0 Å². The molecule has 0 aromatic carbocycles. The first kappa shape index (κ1) is 17.5. The maximum absolute atomic E-state index is 11.0. The summed E-state index contributed by atoms with van der Waals surface area (Å²) in [6, 6.07) is 0. The van der Waals surface area contributed by atoms with Crippen LogP contribution in [-0.2, 0) is 0 Å². The second-order valence-corrected chi connectivity index (χ2v) is 12.2. The van der Waals surface area contributed by atoms with E-state index in [9.17, 15) is 5.11 Å². The Morgan fingerprint density at radius 3 is 2.22 bits per heavy atom. The lowest BCUT2D eigenvalue weighted by Gasteiger charge is -2.46. The SMILES string of the molecule is C=CCC(O)(C#CCCCC)[Si](C)(C)C(C)(C)C. The zero-order chi connectivity index (χ0) is 14.4. The molecular formula is C16H30OSi. The Labute approximate surface area is 115 Å². The molecule has 1 atom stereocenters. The molecule has 2 heteroatoms. The van der Waals surface area contributed by atoms with Gasteiger partial charge in [-0.15, -0.1) is 12.5 Å². The molecule has 0 heterocycles. The third-order valence-electron chi connectivity index (χ3n) is 4.30. The summed E-state index contributed by atoms with van der Waals surface area (Å²) in [6.45, 7) is 17.0. The molecule has 1 nitrogen and oxygen atoms in total.